The lowest BCUT2D eigenvalue weighted by Gasteiger charge is -2.20. The normalized spacial score (nSPS) is 13.4. The van der Waals surface area contributed by atoms with E-state index in [2.05, 4.69) is 43.7 Å². The standard InChI is InChI=1S/C10H22N2OS/c1-8(2)12(4)7-5-6-11-10(13)9(3)14/h8-9,14H,5-7H2,1-4H3,(H,11,13). The second-order valence-corrected chi connectivity index (χ2v) is 4.67. The molecule has 0 fully saturated rings. The first kappa shape index (κ1) is 13.8. The van der Waals surface area contributed by atoms with Crippen molar-refractivity contribution in [3.05, 3.63) is 0 Å². The molecule has 1 atom stereocenters. The average molecular weight is 218 g/mol. The maximum atomic E-state index is 11.1. The Morgan fingerprint density at radius 2 is 2.00 bits per heavy atom. The topological polar surface area (TPSA) is 32.3 Å². The molecular formula is C10H22N2OS. The summed E-state index contributed by atoms with van der Waals surface area (Å²) >= 11 is 4.05. The molecule has 0 radical (unpaired) electrons. The highest BCUT2D eigenvalue weighted by molar-refractivity contribution is 7.81. The van der Waals surface area contributed by atoms with Gasteiger partial charge in [-0.2, -0.15) is 12.6 Å². The Morgan fingerprint density at radius 3 is 2.43 bits per heavy atom. The Bertz CT molecular complexity index is 172. The van der Waals surface area contributed by atoms with Crippen molar-refractivity contribution in [1.82, 2.24) is 10.2 Å². The van der Waals surface area contributed by atoms with Crippen molar-refractivity contribution in [2.45, 2.75) is 38.5 Å². The molecule has 1 unspecified atom stereocenters. The molecule has 0 spiro atoms. The van der Waals surface area contributed by atoms with Crippen LogP contribution >= 0.6 is 12.6 Å². The fourth-order valence-electron chi connectivity index (χ4n) is 0.946. The van der Waals surface area contributed by atoms with Crippen molar-refractivity contribution in [2.75, 3.05) is 20.1 Å². The van der Waals surface area contributed by atoms with E-state index < -0.39 is 0 Å². The summed E-state index contributed by atoms with van der Waals surface area (Å²) < 4.78 is 0. The van der Waals surface area contributed by atoms with Crippen molar-refractivity contribution >= 4 is 18.5 Å². The smallest absolute Gasteiger partial charge is 0.232 e. The molecule has 0 aliphatic carbocycles. The van der Waals surface area contributed by atoms with Gasteiger partial charge in [-0.1, -0.05) is 0 Å². The van der Waals surface area contributed by atoms with Crippen LogP contribution in [0.15, 0.2) is 0 Å². The molecule has 0 aromatic heterocycles. The summed E-state index contributed by atoms with van der Waals surface area (Å²) in [5, 5.41) is 2.62. The molecule has 0 aliphatic heterocycles. The van der Waals surface area contributed by atoms with Crippen molar-refractivity contribution in [2.24, 2.45) is 0 Å². The third-order valence-corrected chi connectivity index (χ3v) is 2.48. The number of amides is 1. The molecule has 0 aromatic carbocycles. The minimum Gasteiger partial charge on any atom is -0.355 e. The predicted molar refractivity (Wildman–Crippen MR) is 63.8 cm³/mol. The van der Waals surface area contributed by atoms with E-state index in [1.807, 2.05) is 0 Å². The summed E-state index contributed by atoms with van der Waals surface area (Å²) in [6.45, 7) is 7.85. The quantitative estimate of drug-likeness (QED) is 0.518. The fraction of sp³-hybridized carbons (Fsp3) is 0.900. The number of nitrogens with one attached hydrogen (secondary N) is 1. The lowest BCUT2D eigenvalue weighted by molar-refractivity contribution is -0.120. The molecule has 3 nitrogen and oxygen atoms in total. The SMILES string of the molecule is CC(S)C(=O)NCCCN(C)C(C)C. The van der Waals surface area contributed by atoms with Crippen LogP contribution in [0, 0.1) is 0 Å². The zero-order valence-electron chi connectivity index (χ0n) is 9.58. The zero-order valence-corrected chi connectivity index (χ0v) is 10.5. The van der Waals surface area contributed by atoms with Gasteiger partial charge in [0.2, 0.25) is 5.91 Å². The first-order valence-electron chi connectivity index (χ1n) is 5.11. The first-order chi connectivity index (χ1) is 6.45. The molecule has 0 saturated carbocycles. The third-order valence-electron chi connectivity index (χ3n) is 2.25. The van der Waals surface area contributed by atoms with Crippen LogP contribution in [-0.2, 0) is 4.79 Å². The van der Waals surface area contributed by atoms with E-state index in [4.69, 9.17) is 0 Å². The summed E-state index contributed by atoms with van der Waals surface area (Å²) in [5.41, 5.74) is 0. The number of carbonyl (C=O) groups is 1. The molecule has 14 heavy (non-hydrogen) atoms. The minimum atomic E-state index is -0.210. The third kappa shape index (κ3) is 6.27. The molecule has 1 N–H and O–H groups in total. The van der Waals surface area contributed by atoms with Crippen molar-refractivity contribution in [3.63, 3.8) is 0 Å². The van der Waals surface area contributed by atoms with Crippen molar-refractivity contribution in [3.8, 4) is 0 Å². The monoisotopic (exact) mass is 218 g/mol. The fourth-order valence-corrected chi connectivity index (χ4v) is 1.04. The van der Waals surface area contributed by atoms with E-state index >= 15 is 0 Å². The van der Waals surface area contributed by atoms with E-state index in [0.29, 0.717) is 6.04 Å². The van der Waals surface area contributed by atoms with Crippen LogP contribution in [0.1, 0.15) is 27.2 Å². The van der Waals surface area contributed by atoms with Gasteiger partial charge >= 0.3 is 0 Å². The van der Waals surface area contributed by atoms with Crippen LogP contribution in [0.2, 0.25) is 0 Å². The molecule has 84 valence electrons. The number of carbonyl (C=O) groups excluding carboxylic acids is 1. The van der Waals surface area contributed by atoms with Gasteiger partial charge in [0.05, 0.1) is 5.25 Å². The Morgan fingerprint density at radius 1 is 1.43 bits per heavy atom. The Labute approximate surface area is 92.7 Å². The summed E-state index contributed by atoms with van der Waals surface area (Å²) in [7, 11) is 2.09. The number of hydrogen-bond acceptors (Lipinski definition) is 3. The number of hydrogen-bond donors (Lipinski definition) is 2. The highest BCUT2D eigenvalue weighted by Gasteiger charge is 2.06. The molecule has 0 rings (SSSR count). The highest BCUT2D eigenvalue weighted by Crippen LogP contribution is 1.95. The second-order valence-electron chi connectivity index (χ2n) is 3.89. The highest BCUT2D eigenvalue weighted by atomic mass is 32.1. The molecule has 0 heterocycles. The van der Waals surface area contributed by atoms with E-state index in [1.165, 1.54) is 0 Å². The van der Waals surface area contributed by atoms with Gasteiger partial charge in [0.25, 0.3) is 0 Å². The summed E-state index contributed by atoms with van der Waals surface area (Å²) in [4.78, 5) is 13.4. The Kier molecular flexibility index (Phi) is 7.01. The van der Waals surface area contributed by atoms with Gasteiger partial charge in [-0.3, -0.25) is 4.79 Å². The van der Waals surface area contributed by atoms with Gasteiger partial charge in [-0.25, -0.2) is 0 Å². The molecule has 0 saturated heterocycles. The summed E-state index contributed by atoms with van der Waals surface area (Å²) in [6.07, 6.45) is 0.987. The van der Waals surface area contributed by atoms with Crippen molar-refractivity contribution < 1.29 is 4.79 Å². The van der Waals surface area contributed by atoms with Crippen LogP contribution in [0.25, 0.3) is 0 Å². The van der Waals surface area contributed by atoms with E-state index in [-0.39, 0.29) is 11.2 Å². The van der Waals surface area contributed by atoms with Gasteiger partial charge in [0, 0.05) is 12.6 Å². The lowest BCUT2D eigenvalue weighted by Crippen LogP contribution is -2.33. The largest absolute Gasteiger partial charge is 0.355 e. The number of nitrogens with zero attached hydrogens (tertiary/aromatic N) is 1. The van der Waals surface area contributed by atoms with Gasteiger partial charge in [0.15, 0.2) is 0 Å². The Hall–Kier alpha value is -0.220. The second kappa shape index (κ2) is 7.12. The van der Waals surface area contributed by atoms with Crippen LogP contribution in [0.3, 0.4) is 0 Å². The Balaban J connectivity index is 3.43. The molecule has 0 aliphatic rings. The zero-order chi connectivity index (χ0) is 11.1. The average Bonchev–Trinajstić information content (AvgIpc) is 2.11. The van der Waals surface area contributed by atoms with Crippen LogP contribution in [0.5, 0.6) is 0 Å². The molecule has 0 bridgehead atoms. The van der Waals surface area contributed by atoms with Gasteiger partial charge in [-0.05, 0) is 40.8 Å². The lowest BCUT2D eigenvalue weighted by atomic mass is 10.3. The predicted octanol–water partition coefficient (Wildman–Crippen LogP) is 1.15. The van der Waals surface area contributed by atoms with E-state index in [1.54, 1.807) is 6.92 Å². The molecule has 0 aromatic rings. The first-order valence-corrected chi connectivity index (χ1v) is 5.62. The van der Waals surface area contributed by atoms with Gasteiger partial charge in [0.1, 0.15) is 0 Å². The maximum Gasteiger partial charge on any atom is 0.232 e. The van der Waals surface area contributed by atoms with E-state index in [0.717, 1.165) is 19.5 Å². The van der Waals surface area contributed by atoms with Crippen LogP contribution in [0.4, 0.5) is 0 Å². The number of thiol groups is 1. The van der Waals surface area contributed by atoms with Gasteiger partial charge < -0.3 is 10.2 Å². The molecule has 1 amide bonds. The summed E-state index contributed by atoms with van der Waals surface area (Å²) in [5.74, 6) is 0.0144. The maximum absolute atomic E-state index is 11.1. The summed E-state index contributed by atoms with van der Waals surface area (Å²) in [6, 6.07) is 0.564. The number of rotatable bonds is 6. The van der Waals surface area contributed by atoms with Gasteiger partial charge in [-0.15, -0.1) is 0 Å². The van der Waals surface area contributed by atoms with Crippen LogP contribution in [-0.4, -0.2) is 42.2 Å². The van der Waals surface area contributed by atoms with Crippen LogP contribution < -0.4 is 5.32 Å². The molecule has 4 heteroatoms. The molecular weight excluding hydrogens is 196 g/mol. The minimum absolute atomic E-state index is 0.0144. The van der Waals surface area contributed by atoms with Crippen molar-refractivity contribution in [1.29, 1.82) is 0 Å². The van der Waals surface area contributed by atoms with E-state index in [9.17, 15) is 4.79 Å².